The fraction of sp³-hybridized carbons (Fsp3) is 0.320. The number of phenolic OH excluding ortho intramolecular Hbond substituents is 2. The van der Waals surface area contributed by atoms with Gasteiger partial charge in [0.1, 0.15) is 23.2 Å². The van der Waals surface area contributed by atoms with E-state index in [1.165, 1.54) is 11.0 Å². The molecule has 44 heavy (non-hydrogen) atoms. The van der Waals surface area contributed by atoms with Crippen LogP contribution in [0.1, 0.15) is 33.9 Å². The number of urea groups is 1. The third kappa shape index (κ3) is 6.17. The molecule has 0 aliphatic carbocycles. The Morgan fingerprint density at radius 1 is 1.14 bits per heavy atom. The lowest BCUT2D eigenvalue weighted by Gasteiger charge is -2.34. The van der Waals surface area contributed by atoms with Crippen molar-refractivity contribution < 1.29 is 57.8 Å². The van der Waals surface area contributed by atoms with Crippen molar-refractivity contribution in [3.63, 3.8) is 0 Å². The van der Waals surface area contributed by atoms with Crippen molar-refractivity contribution in [2.75, 3.05) is 26.2 Å². The first-order valence-electron chi connectivity index (χ1n) is 13.0. The number of piperazine rings is 1. The largest absolute Gasteiger partial charge is 0.547 e. The van der Waals surface area contributed by atoms with Gasteiger partial charge in [-0.15, -0.1) is 0 Å². The number of nitrogens with zero attached hydrogens (tertiary/aromatic N) is 2. The molecule has 15 nitrogen and oxygen atoms in total. The number of nitrogens with two attached hydrogens (primary N) is 1. The van der Waals surface area contributed by atoms with Crippen molar-refractivity contribution >= 4 is 48.4 Å². The molecule has 2 aliphatic rings. The monoisotopic (exact) mass is 639 g/mol. The van der Waals surface area contributed by atoms with Crippen LogP contribution in [0.5, 0.6) is 17.2 Å². The molecule has 1 saturated heterocycles. The Bertz CT molecular complexity index is 1550. The van der Waals surface area contributed by atoms with E-state index in [1.54, 1.807) is 0 Å². The molecule has 2 heterocycles. The third-order valence-corrected chi connectivity index (χ3v) is 7.37. The topological polar surface area (TPSA) is 232 Å². The Morgan fingerprint density at radius 2 is 1.84 bits per heavy atom. The number of carboxylic acid groups (broad SMARTS) is 1. The van der Waals surface area contributed by atoms with Gasteiger partial charge in [-0.25, -0.2) is 18.4 Å². The van der Waals surface area contributed by atoms with Crippen molar-refractivity contribution in [2.45, 2.75) is 24.8 Å². The SMILES string of the molecule is NCCCN1CCN(C(=O)NC(C(=O)N[C@H]2Cc3ccc(F)c(C(=O)O)c3OB2O)c2cc(F)c(O)c(O)c2Cl)C(=O)C1=O. The molecule has 0 aromatic heterocycles. The highest BCUT2D eigenvalue weighted by atomic mass is 35.5. The van der Waals surface area contributed by atoms with E-state index in [4.69, 9.17) is 22.0 Å². The highest BCUT2D eigenvalue weighted by Gasteiger charge is 2.42. The number of nitrogens with one attached hydrogen (secondary N) is 2. The van der Waals surface area contributed by atoms with E-state index in [1.807, 2.05) is 0 Å². The van der Waals surface area contributed by atoms with Crippen LogP contribution in [0.15, 0.2) is 18.2 Å². The van der Waals surface area contributed by atoms with Gasteiger partial charge in [0.25, 0.3) is 0 Å². The normalized spacial score (nSPS) is 17.1. The summed E-state index contributed by atoms with van der Waals surface area (Å²) in [7, 11) is -1.94. The minimum absolute atomic E-state index is 0.0474. The van der Waals surface area contributed by atoms with Crippen LogP contribution in [-0.4, -0.2) is 99.1 Å². The maximum absolute atomic E-state index is 14.4. The molecule has 2 aliphatic heterocycles. The lowest BCUT2D eigenvalue weighted by molar-refractivity contribution is -0.153. The molecule has 1 fully saturated rings. The van der Waals surface area contributed by atoms with Crippen LogP contribution < -0.4 is 21.0 Å². The number of hydrogen-bond donors (Lipinski definition) is 7. The number of carboxylic acids is 1. The predicted molar refractivity (Wildman–Crippen MR) is 146 cm³/mol. The Hall–Kier alpha value is -4.68. The number of imide groups is 1. The van der Waals surface area contributed by atoms with Gasteiger partial charge in [0.2, 0.25) is 5.91 Å². The Kier molecular flexibility index (Phi) is 9.46. The van der Waals surface area contributed by atoms with Gasteiger partial charge < -0.3 is 46.3 Å². The molecule has 2 aromatic rings. The predicted octanol–water partition coefficient (Wildman–Crippen LogP) is -0.362. The third-order valence-electron chi connectivity index (χ3n) is 6.97. The average molecular weight is 640 g/mol. The van der Waals surface area contributed by atoms with E-state index < -0.39 is 93.9 Å². The minimum Gasteiger partial charge on any atom is -0.534 e. The summed E-state index contributed by atoms with van der Waals surface area (Å²) in [5.41, 5.74) is 4.09. The van der Waals surface area contributed by atoms with E-state index in [2.05, 4.69) is 10.6 Å². The molecule has 1 unspecified atom stereocenters. The highest BCUT2D eigenvalue weighted by Crippen LogP contribution is 2.40. The number of phenols is 2. The van der Waals surface area contributed by atoms with Gasteiger partial charge in [-0.05, 0) is 37.1 Å². The molecule has 0 spiro atoms. The van der Waals surface area contributed by atoms with Crippen LogP contribution >= 0.6 is 11.6 Å². The molecule has 2 aromatic carbocycles. The van der Waals surface area contributed by atoms with Gasteiger partial charge in [0.15, 0.2) is 17.3 Å². The number of carbonyl (C=O) groups is 5. The summed E-state index contributed by atoms with van der Waals surface area (Å²) in [6.07, 6.45) is 0.0970. The Morgan fingerprint density at radius 3 is 2.50 bits per heavy atom. The summed E-state index contributed by atoms with van der Waals surface area (Å²) < 4.78 is 33.7. The number of aromatic hydroxyl groups is 2. The van der Waals surface area contributed by atoms with Gasteiger partial charge in [-0.3, -0.25) is 19.3 Å². The van der Waals surface area contributed by atoms with Crippen LogP contribution in [0, 0.1) is 11.6 Å². The molecule has 0 bridgehead atoms. The van der Waals surface area contributed by atoms with E-state index >= 15 is 0 Å². The molecular weight excluding hydrogens is 615 g/mol. The van der Waals surface area contributed by atoms with Crippen LogP contribution in [-0.2, 0) is 20.8 Å². The lowest BCUT2D eigenvalue weighted by Crippen LogP contribution is -2.60. The lowest BCUT2D eigenvalue weighted by atomic mass is 9.72. The van der Waals surface area contributed by atoms with Gasteiger partial charge in [-0.2, -0.15) is 0 Å². The van der Waals surface area contributed by atoms with E-state index in [-0.39, 0.29) is 38.2 Å². The summed E-state index contributed by atoms with van der Waals surface area (Å²) in [5, 5.41) is 43.4. The van der Waals surface area contributed by atoms with Gasteiger partial charge in [0.05, 0.1) is 11.0 Å². The number of amides is 5. The molecular formula is C25H25BClF2N5O10. The second-order valence-corrected chi connectivity index (χ2v) is 10.2. The fourth-order valence-electron chi connectivity index (χ4n) is 4.71. The van der Waals surface area contributed by atoms with Crippen molar-refractivity contribution in [1.29, 1.82) is 0 Å². The summed E-state index contributed by atoms with van der Waals surface area (Å²) in [6.45, 7) is 0.0826. The maximum Gasteiger partial charge on any atom is 0.547 e. The van der Waals surface area contributed by atoms with E-state index in [0.717, 1.165) is 6.07 Å². The number of benzene rings is 2. The molecule has 2 atom stereocenters. The van der Waals surface area contributed by atoms with Crippen molar-refractivity contribution in [3.8, 4) is 17.2 Å². The maximum atomic E-state index is 14.4. The summed E-state index contributed by atoms with van der Waals surface area (Å²) in [6, 6.07) is -0.739. The van der Waals surface area contributed by atoms with Crippen molar-refractivity contribution in [1.82, 2.24) is 20.4 Å². The second kappa shape index (κ2) is 12.9. The summed E-state index contributed by atoms with van der Waals surface area (Å²) >= 11 is 6.07. The molecule has 8 N–H and O–H groups in total. The first-order valence-corrected chi connectivity index (χ1v) is 13.3. The van der Waals surface area contributed by atoms with Crippen molar-refractivity contribution in [3.05, 3.63) is 51.5 Å². The number of halogens is 3. The first kappa shape index (κ1) is 32.2. The summed E-state index contributed by atoms with van der Waals surface area (Å²) in [4.78, 5) is 65.1. The van der Waals surface area contributed by atoms with Crippen LogP contribution in [0.3, 0.4) is 0 Å². The van der Waals surface area contributed by atoms with Gasteiger partial charge in [-0.1, -0.05) is 17.7 Å². The quantitative estimate of drug-likeness (QED) is 0.112. The summed E-state index contributed by atoms with van der Waals surface area (Å²) in [5.74, 6) is -11.9. The zero-order chi connectivity index (χ0) is 32.5. The fourth-order valence-corrected chi connectivity index (χ4v) is 4.96. The smallest absolute Gasteiger partial charge is 0.534 e. The number of rotatable bonds is 8. The zero-order valence-corrected chi connectivity index (χ0v) is 23.3. The molecule has 0 radical (unpaired) electrons. The number of carbonyl (C=O) groups excluding carboxylic acids is 4. The standard InChI is InChI=1S/C25H25BClF2N5O10/c27-16-11(9-13(29)18(35)19(16)36)17(32-25(42)34-7-6-33(5-1-4-30)22(38)23(34)39)21(37)31-14-8-10-2-3-12(28)15(24(40)41)20(10)44-26(14)43/h2-3,9,14,17,35-36,43H,1,4-8,30H2,(H,31,37)(H,32,42)(H,40,41)/t14-,17?/m0/s1. The van der Waals surface area contributed by atoms with Crippen LogP contribution in [0.2, 0.25) is 5.02 Å². The van der Waals surface area contributed by atoms with Gasteiger partial charge in [0, 0.05) is 25.2 Å². The van der Waals surface area contributed by atoms with E-state index in [0.29, 0.717) is 17.4 Å². The first-order chi connectivity index (χ1) is 20.8. The molecule has 19 heteroatoms. The Labute approximate surface area is 252 Å². The number of aromatic carboxylic acids is 1. The van der Waals surface area contributed by atoms with Gasteiger partial charge >= 0.3 is 30.9 Å². The average Bonchev–Trinajstić information content (AvgIpc) is 2.97. The molecule has 5 amide bonds. The zero-order valence-electron chi connectivity index (χ0n) is 22.6. The highest BCUT2D eigenvalue weighted by molar-refractivity contribution is 6.47. The minimum atomic E-state index is -2.01. The molecule has 234 valence electrons. The van der Waals surface area contributed by atoms with Crippen LogP contribution in [0.25, 0.3) is 0 Å². The molecule has 0 saturated carbocycles. The van der Waals surface area contributed by atoms with E-state index in [9.17, 15) is 53.1 Å². The van der Waals surface area contributed by atoms with Crippen LogP contribution in [0.4, 0.5) is 13.6 Å². The second-order valence-electron chi connectivity index (χ2n) is 9.78. The number of fused-ring (bicyclic) bond motifs is 1. The Balaban J connectivity index is 1.62. The number of hydrogen-bond acceptors (Lipinski definition) is 10. The molecule has 4 rings (SSSR count). The van der Waals surface area contributed by atoms with Crippen molar-refractivity contribution in [2.24, 2.45) is 5.73 Å².